The zero-order valence-electron chi connectivity index (χ0n) is 4.20. The van der Waals surface area contributed by atoms with Gasteiger partial charge in [-0.25, -0.2) is 0 Å². The lowest BCUT2D eigenvalue weighted by Crippen LogP contribution is -1.93. The molecule has 0 fully saturated rings. The summed E-state index contributed by atoms with van der Waals surface area (Å²) < 4.78 is 1.19. The average molecular weight is 210 g/mol. The summed E-state index contributed by atoms with van der Waals surface area (Å²) in [4.78, 5) is 0. The molecule has 5 heteroatoms. The first-order valence-electron chi connectivity index (χ1n) is 1.87. The predicted molar refractivity (Wildman–Crippen MR) is 60.1 cm³/mol. The van der Waals surface area contributed by atoms with E-state index in [-0.39, 0.29) is 0 Å². The molecule has 0 aliphatic carbocycles. The second kappa shape index (κ2) is 5.49. The van der Waals surface area contributed by atoms with E-state index in [1.807, 2.05) is 0 Å². The summed E-state index contributed by atoms with van der Waals surface area (Å²) in [7, 11) is 0. The van der Waals surface area contributed by atoms with Crippen molar-refractivity contribution in [1.82, 2.24) is 0 Å². The fourth-order valence-electron chi connectivity index (χ4n) is 0.147. The Kier molecular flexibility index (Phi) is 5.92. The van der Waals surface area contributed by atoms with Gasteiger partial charge in [-0.2, -0.15) is 0 Å². The topological polar surface area (TPSA) is 0 Å². The maximum atomic E-state index is 4.75. The first kappa shape index (κ1) is 9.71. The Morgan fingerprint density at radius 1 is 1.00 bits per heavy atom. The number of thiocarbonyl (C=S) groups is 4. The molecule has 0 nitrogen and oxygen atoms in total. The Balaban J connectivity index is 3.73. The summed E-state index contributed by atoms with van der Waals surface area (Å²) in [6.45, 7) is 0. The third kappa shape index (κ3) is 5.17. The van der Waals surface area contributed by atoms with Gasteiger partial charge < -0.3 is 0 Å². The summed E-state index contributed by atoms with van der Waals surface area (Å²) in [5.41, 5.74) is 0. The maximum absolute atomic E-state index is 4.75. The molecule has 0 bridgehead atoms. The van der Waals surface area contributed by atoms with Crippen molar-refractivity contribution in [2.75, 3.05) is 0 Å². The van der Waals surface area contributed by atoms with Gasteiger partial charge in [-0.05, 0) is 0 Å². The van der Waals surface area contributed by atoms with Gasteiger partial charge >= 0.3 is 0 Å². The second-order valence-electron chi connectivity index (χ2n) is 0.976. The highest BCUT2D eigenvalue weighted by Gasteiger charge is 1.94. The number of hydrogen-bond acceptors (Lipinski definition) is 5. The van der Waals surface area contributed by atoms with Crippen molar-refractivity contribution < 1.29 is 0 Å². The molecule has 0 aromatic heterocycles. The van der Waals surface area contributed by atoms with Crippen LogP contribution < -0.4 is 0 Å². The minimum Gasteiger partial charge on any atom is -0.0866 e. The Morgan fingerprint density at radius 3 is 1.56 bits per heavy atom. The standard InChI is InChI=1S/C4H2S5/c5-1-3(7)9-4(8)2-6/h1-2H. The molecule has 0 aliphatic heterocycles. The highest BCUT2D eigenvalue weighted by atomic mass is 32.2. The molecule has 0 saturated carbocycles. The number of thioether (sulfide) groups is 1. The van der Waals surface area contributed by atoms with E-state index in [1.165, 1.54) is 22.5 Å². The zero-order chi connectivity index (χ0) is 7.28. The van der Waals surface area contributed by atoms with Gasteiger partial charge in [-0.1, -0.05) is 60.6 Å². The van der Waals surface area contributed by atoms with E-state index in [9.17, 15) is 0 Å². The molecule has 9 heavy (non-hydrogen) atoms. The maximum Gasteiger partial charge on any atom is 0.0869 e. The zero-order valence-corrected chi connectivity index (χ0v) is 8.28. The van der Waals surface area contributed by atoms with E-state index in [1.54, 1.807) is 0 Å². The summed E-state index contributed by atoms with van der Waals surface area (Å²) in [6, 6.07) is 0. The number of rotatable bonds is 2. The molecule has 0 aromatic rings. The summed E-state index contributed by atoms with van der Waals surface area (Å²) in [5, 5.41) is 2.82. The van der Waals surface area contributed by atoms with Crippen LogP contribution in [-0.2, 0) is 0 Å². The predicted octanol–water partition coefficient (Wildman–Crippen LogP) is 2.37. The lowest BCUT2D eigenvalue weighted by molar-refractivity contribution is 3.60. The van der Waals surface area contributed by atoms with Gasteiger partial charge in [0.2, 0.25) is 0 Å². The van der Waals surface area contributed by atoms with Crippen LogP contribution in [0.4, 0.5) is 0 Å². The van der Waals surface area contributed by atoms with Gasteiger partial charge in [-0.15, -0.1) is 0 Å². The molecule has 0 amide bonds. The van der Waals surface area contributed by atoms with Crippen molar-refractivity contribution in [2.24, 2.45) is 0 Å². The third-order valence-corrected chi connectivity index (χ3v) is 2.84. The average Bonchev–Trinajstić information content (AvgIpc) is 1.87. The molecule has 0 N–H and O–H groups in total. The Morgan fingerprint density at radius 2 is 1.33 bits per heavy atom. The molecule has 0 aliphatic rings. The fourth-order valence-corrected chi connectivity index (χ4v) is 1.43. The second-order valence-corrected chi connectivity index (χ2v) is 3.93. The smallest absolute Gasteiger partial charge is 0.0866 e. The van der Waals surface area contributed by atoms with Crippen molar-refractivity contribution >= 4 is 79.8 Å². The van der Waals surface area contributed by atoms with E-state index in [2.05, 4.69) is 24.4 Å². The van der Waals surface area contributed by atoms with Crippen LogP contribution in [0.15, 0.2) is 0 Å². The van der Waals surface area contributed by atoms with E-state index < -0.39 is 0 Å². The van der Waals surface area contributed by atoms with Crippen LogP contribution in [0.2, 0.25) is 0 Å². The van der Waals surface area contributed by atoms with E-state index in [4.69, 9.17) is 24.4 Å². The largest absolute Gasteiger partial charge is 0.0869 e. The van der Waals surface area contributed by atoms with Crippen LogP contribution in [0.1, 0.15) is 0 Å². The normalized spacial score (nSPS) is 8.00. The minimum atomic E-state index is 0.594. The Hall–Kier alpha value is 0.710. The van der Waals surface area contributed by atoms with Gasteiger partial charge in [0.1, 0.15) is 0 Å². The van der Waals surface area contributed by atoms with Crippen molar-refractivity contribution in [3.8, 4) is 0 Å². The SMILES string of the molecule is S=CC(=S)SC(=S)C=S. The molecule has 0 unspecified atom stereocenters. The first-order valence-corrected chi connectivity index (χ1v) is 4.44. The van der Waals surface area contributed by atoms with Crippen LogP contribution in [0.5, 0.6) is 0 Å². The molecule has 0 rings (SSSR count). The van der Waals surface area contributed by atoms with Gasteiger partial charge in [0.15, 0.2) is 0 Å². The van der Waals surface area contributed by atoms with Crippen molar-refractivity contribution in [2.45, 2.75) is 0 Å². The van der Waals surface area contributed by atoms with Crippen molar-refractivity contribution in [1.29, 1.82) is 0 Å². The molecule has 0 aromatic carbocycles. The van der Waals surface area contributed by atoms with Crippen LogP contribution in [0.25, 0.3) is 0 Å². The third-order valence-electron chi connectivity index (χ3n) is 0.394. The van der Waals surface area contributed by atoms with Gasteiger partial charge in [-0.3, -0.25) is 0 Å². The van der Waals surface area contributed by atoms with Crippen molar-refractivity contribution in [3.05, 3.63) is 0 Å². The Labute approximate surface area is 79.4 Å². The molecular weight excluding hydrogens is 208 g/mol. The highest BCUT2D eigenvalue weighted by Crippen LogP contribution is 2.04. The monoisotopic (exact) mass is 210 g/mol. The van der Waals surface area contributed by atoms with Gasteiger partial charge in [0.25, 0.3) is 0 Å². The lowest BCUT2D eigenvalue weighted by atomic mass is 10.9. The number of hydrogen-bond donors (Lipinski definition) is 0. The molecule has 48 valence electrons. The van der Waals surface area contributed by atoms with E-state index in [0.29, 0.717) is 8.39 Å². The minimum absolute atomic E-state index is 0.594. The van der Waals surface area contributed by atoms with Crippen LogP contribution in [-0.4, -0.2) is 19.1 Å². The summed E-state index contributed by atoms with van der Waals surface area (Å²) in [6.07, 6.45) is 0. The molecule has 0 atom stereocenters. The van der Waals surface area contributed by atoms with Crippen LogP contribution in [0, 0.1) is 0 Å². The summed E-state index contributed by atoms with van der Waals surface area (Å²) in [5.74, 6) is 0. The fraction of sp³-hybridized carbons (Fsp3) is 0. The van der Waals surface area contributed by atoms with Crippen molar-refractivity contribution in [3.63, 3.8) is 0 Å². The van der Waals surface area contributed by atoms with Crippen LogP contribution >= 0.6 is 60.6 Å². The highest BCUT2D eigenvalue weighted by molar-refractivity contribution is 8.41. The summed E-state index contributed by atoms with van der Waals surface area (Å²) >= 11 is 19.8. The molecule has 0 heterocycles. The molecular formula is C4H2S5. The van der Waals surface area contributed by atoms with E-state index in [0.717, 1.165) is 0 Å². The Bertz CT molecular complexity index is 140. The molecule has 0 spiro atoms. The quantitative estimate of drug-likeness (QED) is 0.640. The van der Waals surface area contributed by atoms with E-state index >= 15 is 0 Å². The first-order chi connectivity index (χ1) is 4.20. The lowest BCUT2D eigenvalue weighted by Gasteiger charge is -1.89. The van der Waals surface area contributed by atoms with Gasteiger partial charge in [0.05, 0.1) is 8.39 Å². The van der Waals surface area contributed by atoms with Crippen LogP contribution in [0.3, 0.4) is 0 Å². The van der Waals surface area contributed by atoms with Gasteiger partial charge in [0, 0.05) is 10.7 Å². The molecule has 0 saturated heterocycles. The molecule has 0 radical (unpaired) electrons.